The number of nitro benzene ring substituents is 1. The van der Waals surface area contributed by atoms with E-state index in [9.17, 15) is 10.1 Å². The van der Waals surface area contributed by atoms with E-state index < -0.39 is 0 Å². The summed E-state index contributed by atoms with van der Waals surface area (Å²) in [6.07, 6.45) is 0. The number of halogens is 1. The molecule has 1 aliphatic rings. The van der Waals surface area contributed by atoms with E-state index in [1.54, 1.807) is 19.2 Å². The smallest absolute Gasteiger partial charge is 0.269 e. The number of non-ortho nitro benzene ring substituents is 1. The summed E-state index contributed by atoms with van der Waals surface area (Å²) < 4.78 is 6.51. The van der Waals surface area contributed by atoms with Crippen LogP contribution in [0.1, 0.15) is 11.1 Å². The summed E-state index contributed by atoms with van der Waals surface area (Å²) in [5.41, 5.74) is 2.32. The number of methoxy groups -OCH3 is 1. The molecule has 26 heavy (non-hydrogen) atoms. The molecule has 3 rings (SSSR count). The molecule has 0 spiro atoms. The number of ether oxygens (including phenoxy) is 1. The van der Waals surface area contributed by atoms with E-state index in [-0.39, 0.29) is 10.6 Å². The van der Waals surface area contributed by atoms with E-state index in [1.807, 2.05) is 18.2 Å². The van der Waals surface area contributed by atoms with Gasteiger partial charge >= 0.3 is 0 Å². The molecule has 1 fully saturated rings. The van der Waals surface area contributed by atoms with Crippen LogP contribution in [-0.2, 0) is 13.1 Å². The predicted molar refractivity (Wildman–Crippen MR) is 104 cm³/mol. The van der Waals surface area contributed by atoms with Gasteiger partial charge in [-0.05, 0) is 23.8 Å². The lowest BCUT2D eigenvalue weighted by Crippen LogP contribution is -2.45. The van der Waals surface area contributed by atoms with Gasteiger partial charge in [0.25, 0.3) is 5.69 Å². The fraction of sp³-hybridized carbons (Fsp3) is 0.368. The number of hydrogen-bond acceptors (Lipinski definition) is 5. The number of piperazine rings is 1. The second-order valence-electron chi connectivity index (χ2n) is 6.44. The Kier molecular flexibility index (Phi) is 6.24. The molecule has 138 valence electrons. The molecule has 0 saturated carbocycles. The Labute approximate surface area is 161 Å². The summed E-state index contributed by atoms with van der Waals surface area (Å²) in [6, 6.07) is 13.0. The molecule has 0 unspecified atom stereocenters. The molecule has 6 nitrogen and oxygen atoms in total. The zero-order chi connectivity index (χ0) is 18.5. The lowest BCUT2D eigenvalue weighted by molar-refractivity contribution is -0.384. The average Bonchev–Trinajstić information content (AvgIpc) is 2.64. The van der Waals surface area contributed by atoms with Gasteiger partial charge in [0.1, 0.15) is 5.75 Å². The van der Waals surface area contributed by atoms with E-state index in [4.69, 9.17) is 4.74 Å². The summed E-state index contributed by atoms with van der Waals surface area (Å²) >= 11 is 3.52. The van der Waals surface area contributed by atoms with Crippen molar-refractivity contribution in [1.29, 1.82) is 0 Å². The Hall–Kier alpha value is -1.96. The quantitative estimate of drug-likeness (QED) is 0.527. The van der Waals surface area contributed by atoms with Gasteiger partial charge in [-0.3, -0.25) is 19.9 Å². The molecule has 0 aliphatic carbocycles. The van der Waals surface area contributed by atoms with Crippen LogP contribution in [0.25, 0.3) is 0 Å². The summed E-state index contributed by atoms with van der Waals surface area (Å²) in [5.74, 6) is 0.909. The standard InChI is InChI=1S/C19H22BrN3O3/c1-26-19-6-5-17(20)12-16(19)14-22-9-7-21(8-10-22)13-15-3-2-4-18(11-15)23(24)25/h2-6,11-12H,7-10,13-14H2,1H3. The summed E-state index contributed by atoms with van der Waals surface area (Å²) in [4.78, 5) is 15.3. The van der Waals surface area contributed by atoms with Gasteiger partial charge in [0.2, 0.25) is 0 Å². The second-order valence-corrected chi connectivity index (χ2v) is 7.35. The molecule has 0 aromatic heterocycles. The van der Waals surface area contributed by atoms with Crippen molar-refractivity contribution < 1.29 is 9.66 Å². The predicted octanol–water partition coefficient (Wildman–Crippen LogP) is 3.68. The summed E-state index contributed by atoms with van der Waals surface area (Å²) in [5, 5.41) is 10.9. The zero-order valence-corrected chi connectivity index (χ0v) is 16.3. The summed E-state index contributed by atoms with van der Waals surface area (Å²) in [7, 11) is 1.70. The van der Waals surface area contributed by atoms with Gasteiger partial charge in [-0.15, -0.1) is 0 Å². The highest BCUT2D eigenvalue weighted by Crippen LogP contribution is 2.25. The SMILES string of the molecule is COc1ccc(Br)cc1CN1CCN(Cc2cccc([N+](=O)[O-])c2)CC1. The minimum absolute atomic E-state index is 0.155. The average molecular weight is 420 g/mol. The lowest BCUT2D eigenvalue weighted by Gasteiger charge is -2.35. The first-order valence-electron chi connectivity index (χ1n) is 8.55. The molecule has 0 radical (unpaired) electrons. The number of hydrogen-bond donors (Lipinski definition) is 0. The molecule has 1 aliphatic heterocycles. The van der Waals surface area contributed by atoms with Crippen LogP contribution in [0.2, 0.25) is 0 Å². The second kappa shape index (κ2) is 8.62. The molecule has 0 N–H and O–H groups in total. The largest absolute Gasteiger partial charge is 0.496 e. The van der Waals surface area contributed by atoms with Gasteiger partial charge < -0.3 is 4.74 Å². The van der Waals surface area contributed by atoms with Crippen LogP contribution in [-0.4, -0.2) is 48.0 Å². The van der Waals surface area contributed by atoms with E-state index in [2.05, 4.69) is 31.8 Å². The van der Waals surface area contributed by atoms with E-state index >= 15 is 0 Å². The fourth-order valence-electron chi connectivity index (χ4n) is 3.24. The van der Waals surface area contributed by atoms with Crippen molar-refractivity contribution in [3.63, 3.8) is 0 Å². The van der Waals surface area contributed by atoms with Crippen molar-refractivity contribution in [2.24, 2.45) is 0 Å². The molecule has 0 atom stereocenters. The highest BCUT2D eigenvalue weighted by Gasteiger charge is 2.19. The molecule has 0 amide bonds. The van der Waals surface area contributed by atoms with Crippen molar-refractivity contribution in [3.05, 3.63) is 68.2 Å². The van der Waals surface area contributed by atoms with Crippen LogP contribution in [0, 0.1) is 10.1 Å². The first kappa shape index (κ1) is 18.8. The van der Waals surface area contributed by atoms with E-state index in [0.717, 1.165) is 55.1 Å². The fourth-order valence-corrected chi connectivity index (χ4v) is 3.65. The van der Waals surface area contributed by atoms with Crippen molar-refractivity contribution in [2.75, 3.05) is 33.3 Å². The third-order valence-electron chi connectivity index (χ3n) is 4.63. The third kappa shape index (κ3) is 4.81. The van der Waals surface area contributed by atoms with Crippen LogP contribution in [0.15, 0.2) is 46.9 Å². The minimum Gasteiger partial charge on any atom is -0.496 e. The molecular weight excluding hydrogens is 398 g/mol. The van der Waals surface area contributed by atoms with Crippen molar-refractivity contribution in [1.82, 2.24) is 9.80 Å². The highest BCUT2D eigenvalue weighted by atomic mass is 79.9. The van der Waals surface area contributed by atoms with E-state index in [0.29, 0.717) is 0 Å². The first-order chi connectivity index (χ1) is 12.5. The van der Waals surface area contributed by atoms with Gasteiger partial charge in [0.05, 0.1) is 12.0 Å². The van der Waals surface area contributed by atoms with Crippen LogP contribution in [0.3, 0.4) is 0 Å². The Morgan fingerprint density at radius 2 is 1.77 bits per heavy atom. The zero-order valence-electron chi connectivity index (χ0n) is 14.7. The Bertz CT molecular complexity index is 776. The van der Waals surface area contributed by atoms with Gasteiger partial charge in [0, 0.05) is 61.4 Å². The van der Waals surface area contributed by atoms with Gasteiger partial charge in [-0.2, -0.15) is 0 Å². The van der Waals surface area contributed by atoms with Gasteiger partial charge in [-0.25, -0.2) is 0 Å². The normalized spacial score (nSPS) is 15.8. The lowest BCUT2D eigenvalue weighted by atomic mass is 10.1. The molecule has 1 saturated heterocycles. The Balaban J connectivity index is 1.55. The maximum atomic E-state index is 10.9. The topological polar surface area (TPSA) is 58.8 Å². The maximum absolute atomic E-state index is 10.9. The van der Waals surface area contributed by atoms with Crippen molar-refractivity contribution in [2.45, 2.75) is 13.1 Å². The first-order valence-corrected chi connectivity index (χ1v) is 9.35. The molecule has 0 bridgehead atoms. The van der Waals surface area contributed by atoms with Crippen molar-refractivity contribution in [3.8, 4) is 5.75 Å². The number of rotatable bonds is 6. The Morgan fingerprint density at radius 1 is 1.08 bits per heavy atom. The summed E-state index contributed by atoms with van der Waals surface area (Å²) in [6.45, 7) is 5.41. The Morgan fingerprint density at radius 3 is 2.42 bits per heavy atom. The van der Waals surface area contributed by atoms with Crippen LogP contribution in [0.4, 0.5) is 5.69 Å². The number of nitro groups is 1. The number of benzene rings is 2. The van der Waals surface area contributed by atoms with Crippen LogP contribution >= 0.6 is 15.9 Å². The maximum Gasteiger partial charge on any atom is 0.269 e. The van der Waals surface area contributed by atoms with Crippen LogP contribution < -0.4 is 4.74 Å². The van der Waals surface area contributed by atoms with E-state index in [1.165, 1.54) is 11.6 Å². The molecule has 2 aromatic carbocycles. The molecule has 2 aromatic rings. The minimum atomic E-state index is -0.340. The third-order valence-corrected chi connectivity index (χ3v) is 5.12. The highest BCUT2D eigenvalue weighted by molar-refractivity contribution is 9.10. The number of nitrogens with zero attached hydrogens (tertiary/aromatic N) is 3. The van der Waals surface area contributed by atoms with Crippen LogP contribution in [0.5, 0.6) is 5.75 Å². The molecule has 1 heterocycles. The monoisotopic (exact) mass is 419 g/mol. The molecular formula is C19H22BrN3O3. The van der Waals surface area contributed by atoms with Crippen molar-refractivity contribution >= 4 is 21.6 Å². The van der Waals surface area contributed by atoms with Gasteiger partial charge in [0.15, 0.2) is 0 Å². The molecule has 7 heteroatoms. The van der Waals surface area contributed by atoms with Gasteiger partial charge in [-0.1, -0.05) is 28.1 Å².